The average molecular weight is 233 g/mol. The molecule has 0 heterocycles. The van der Waals surface area contributed by atoms with E-state index in [-0.39, 0.29) is 11.9 Å². The summed E-state index contributed by atoms with van der Waals surface area (Å²) in [5.41, 5.74) is 0.877. The maximum atomic E-state index is 11.9. The molecule has 2 rings (SSSR count). The number of carbonyl (C=O) groups excluding carboxylic acids is 1. The second kappa shape index (κ2) is 4.78. The SMILES string of the molecule is COc1ccccc1N(C(C)=O)C(C)C1CC1. The van der Waals surface area contributed by atoms with Crippen LogP contribution in [0.4, 0.5) is 5.69 Å². The molecule has 0 bridgehead atoms. The molecule has 1 aliphatic rings. The first-order chi connectivity index (χ1) is 8.15. The number of hydrogen-bond acceptors (Lipinski definition) is 2. The van der Waals surface area contributed by atoms with Crippen molar-refractivity contribution in [3.63, 3.8) is 0 Å². The molecule has 17 heavy (non-hydrogen) atoms. The number of ether oxygens (including phenoxy) is 1. The number of para-hydroxylation sites is 2. The van der Waals surface area contributed by atoms with E-state index in [1.165, 1.54) is 12.8 Å². The molecule has 1 fully saturated rings. The molecule has 0 aromatic heterocycles. The summed E-state index contributed by atoms with van der Waals surface area (Å²) in [4.78, 5) is 13.7. The van der Waals surface area contributed by atoms with Crippen LogP contribution in [0, 0.1) is 5.92 Å². The average Bonchev–Trinajstić information content (AvgIpc) is 3.13. The Morgan fingerprint density at radius 3 is 2.59 bits per heavy atom. The molecule has 1 unspecified atom stereocenters. The maximum Gasteiger partial charge on any atom is 0.224 e. The molecular weight excluding hydrogens is 214 g/mol. The van der Waals surface area contributed by atoms with Gasteiger partial charge < -0.3 is 9.64 Å². The van der Waals surface area contributed by atoms with E-state index >= 15 is 0 Å². The van der Waals surface area contributed by atoms with Crippen LogP contribution >= 0.6 is 0 Å². The minimum Gasteiger partial charge on any atom is -0.495 e. The minimum absolute atomic E-state index is 0.0777. The first-order valence-corrected chi connectivity index (χ1v) is 6.08. The predicted octanol–water partition coefficient (Wildman–Crippen LogP) is 2.85. The zero-order valence-corrected chi connectivity index (χ0v) is 10.6. The highest BCUT2D eigenvalue weighted by Crippen LogP contribution is 2.39. The second-order valence-electron chi connectivity index (χ2n) is 4.64. The Bertz CT molecular complexity index is 412. The summed E-state index contributed by atoms with van der Waals surface area (Å²) in [7, 11) is 1.64. The lowest BCUT2D eigenvalue weighted by atomic mass is 10.1. The van der Waals surface area contributed by atoms with Gasteiger partial charge in [-0.25, -0.2) is 0 Å². The van der Waals surface area contributed by atoms with Crippen LogP contribution in [0.15, 0.2) is 24.3 Å². The normalized spacial score (nSPS) is 16.4. The first-order valence-electron chi connectivity index (χ1n) is 6.08. The molecule has 1 amide bonds. The third-order valence-electron chi connectivity index (χ3n) is 3.40. The number of anilines is 1. The smallest absolute Gasteiger partial charge is 0.224 e. The third kappa shape index (κ3) is 2.43. The lowest BCUT2D eigenvalue weighted by Crippen LogP contribution is -2.38. The Hall–Kier alpha value is -1.51. The Kier molecular flexibility index (Phi) is 3.36. The molecule has 0 aliphatic heterocycles. The molecule has 1 aliphatic carbocycles. The molecule has 1 saturated carbocycles. The van der Waals surface area contributed by atoms with Crippen molar-refractivity contribution in [3.8, 4) is 5.75 Å². The maximum absolute atomic E-state index is 11.9. The fraction of sp³-hybridized carbons (Fsp3) is 0.500. The molecule has 0 N–H and O–H groups in total. The van der Waals surface area contributed by atoms with E-state index in [1.54, 1.807) is 14.0 Å². The summed E-state index contributed by atoms with van der Waals surface area (Å²) in [6.45, 7) is 3.73. The molecule has 3 nitrogen and oxygen atoms in total. The van der Waals surface area contributed by atoms with E-state index in [0.29, 0.717) is 5.92 Å². The van der Waals surface area contributed by atoms with Gasteiger partial charge in [0.2, 0.25) is 5.91 Å². The summed E-state index contributed by atoms with van der Waals surface area (Å²) >= 11 is 0. The summed E-state index contributed by atoms with van der Waals surface area (Å²) in [5.74, 6) is 1.48. The molecule has 92 valence electrons. The third-order valence-corrected chi connectivity index (χ3v) is 3.40. The zero-order valence-electron chi connectivity index (χ0n) is 10.6. The van der Waals surface area contributed by atoms with Crippen molar-refractivity contribution in [2.45, 2.75) is 32.7 Å². The van der Waals surface area contributed by atoms with Crippen LogP contribution in [-0.4, -0.2) is 19.1 Å². The van der Waals surface area contributed by atoms with Gasteiger partial charge in [-0.3, -0.25) is 4.79 Å². The van der Waals surface area contributed by atoms with Gasteiger partial charge in [-0.1, -0.05) is 12.1 Å². The lowest BCUT2D eigenvalue weighted by molar-refractivity contribution is -0.117. The number of methoxy groups -OCH3 is 1. The van der Waals surface area contributed by atoms with E-state index in [4.69, 9.17) is 4.74 Å². The molecule has 0 radical (unpaired) electrons. The van der Waals surface area contributed by atoms with Gasteiger partial charge in [-0.2, -0.15) is 0 Å². The number of rotatable bonds is 4. The van der Waals surface area contributed by atoms with E-state index in [2.05, 4.69) is 6.92 Å². The Morgan fingerprint density at radius 1 is 1.41 bits per heavy atom. The van der Waals surface area contributed by atoms with E-state index in [1.807, 2.05) is 29.2 Å². The fourth-order valence-electron chi connectivity index (χ4n) is 2.29. The Morgan fingerprint density at radius 2 is 2.06 bits per heavy atom. The van der Waals surface area contributed by atoms with E-state index < -0.39 is 0 Å². The lowest BCUT2D eigenvalue weighted by Gasteiger charge is -2.29. The van der Waals surface area contributed by atoms with Crippen LogP contribution in [0.25, 0.3) is 0 Å². The van der Waals surface area contributed by atoms with E-state index in [9.17, 15) is 4.79 Å². The van der Waals surface area contributed by atoms with Crippen molar-refractivity contribution in [2.24, 2.45) is 5.92 Å². The van der Waals surface area contributed by atoms with Crippen molar-refractivity contribution < 1.29 is 9.53 Å². The highest BCUT2D eigenvalue weighted by Gasteiger charge is 2.34. The molecule has 1 aromatic carbocycles. The molecular formula is C14H19NO2. The number of hydrogen-bond donors (Lipinski definition) is 0. The molecule has 0 spiro atoms. The highest BCUT2D eigenvalue weighted by molar-refractivity contribution is 5.93. The molecule has 1 aromatic rings. The van der Waals surface area contributed by atoms with Gasteiger partial charge in [0.05, 0.1) is 12.8 Å². The van der Waals surface area contributed by atoms with Gasteiger partial charge in [0, 0.05) is 13.0 Å². The Labute approximate surface area is 102 Å². The largest absolute Gasteiger partial charge is 0.495 e. The number of benzene rings is 1. The quantitative estimate of drug-likeness (QED) is 0.800. The van der Waals surface area contributed by atoms with E-state index in [0.717, 1.165) is 11.4 Å². The zero-order chi connectivity index (χ0) is 12.4. The van der Waals surface area contributed by atoms with Crippen molar-refractivity contribution in [3.05, 3.63) is 24.3 Å². The van der Waals surface area contributed by atoms with Gasteiger partial charge in [-0.05, 0) is 37.8 Å². The summed E-state index contributed by atoms with van der Waals surface area (Å²) in [5, 5.41) is 0. The topological polar surface area (TPSA) is 29.5 Å². The predicted molar refractivity (Wildman–Crippen MR) is 68.3 cm³/mol. The summed E-state index contributed by atoms with van der Waals surface area (Å²) in [6, 6.07) is 7.95. The Balaban J connectivity index is 2.34. The minimum atomic E-state index is 0.0777. The number of nitrogens with zero attached hydrogens (tertiary/aromatic N) is 1. The van der Waals surface area contributed by atoms with Gasteiger partial charge in [-0.15, -0.1) is 0 Å². The van der Waals surface area contributed by atoms with Gasteiger partial charge >= 0.3 is 0 Å². The van der Waals surface area contributed by atoms with Gasteiger partial charge in [0.1, 0.15) is 5.75 Å². The molecule has 3 heteroatoms. The number of amides is 1. The van der Waals surface area contributed by atoms with Crippen molar-refractivity contribution in [1.82, 2.24) is 0 Å². The van der Waals surface area contributed by atoms with Crippen molar-refractivity contribution in [1.29, 1.82) is 0 Å². The van der Waals surface area contributed by atoms with Crippen LogP contribution in [0.5, 0.6) is 5.75 Å². The molecule has 1 atom stereocenters. The summed E-state index contributed by atoms with van der Waals surface area (Å²) in [6.07, 6.45) is 2.44. The first kappa shape index (κ1) is 12.0. The van der Waals surface area contributed by atoms with Crippen LogP contribution in [0.2, 0.25) is 0 Å². The van der Waals surface area contributed by atoms with Gasteiger partial charge in [0.25, 0.3) is 0 Å². The summed E-state index contributed by atoms with van der Waals surface area (Å²) < 4.78 is 5.33. The fourth-order valence-corrected chi connectivity index (χ4v) is 2.29. The highest BCUT2D eigenvalue weighted by atomic mass is 16.5. The molecule has 0 saturated heterocycles. The van der Waals surface area contributed by atoms with Crippen molar-refractivity contribution >= 4 is 11.6 Å². The number of carbonyl (C=O) groups is 1. The van der Waals surface area contributed by atoms with Crippen LogP contribution in [0.3, 0.4) is 0 Å². The van der Waals surface area contributed by atoms with Crippen molar-refractivity contribution in [2.75, 3.05) is 12.0 Å². The van der Waals surface area contributed by atoms with Crippen LogP contribution < -0.4 is 9.64 Å². The van der Waals surface area contributed by atoms with Crippen LogP contribution in [0.1, 0.15) is 26.7 Å². The van der Waals surface area contributed by atoms with Crippen LogP contribution in [-0.2, 0) is 4.79 Å². The monoisotopic (exact) mass is 233 g/mol. The standard InChI is InChI=1S/C14H19NO2/c1-10(12-8-9-12)15(11(2)16)13-6-4-5-7-14(13)17-3/h4-7,10,12H,8-9H2,1-3H3. The second-order valence-corrected chi connectivity index (χ2v) is 4.64. The van der Waals surface area contributed by atoms with Gasteiger partial charge in [0.15, 0.2) is 0 Å².